The van der Waals surface area contributed by atoms with Gasteiger partial charge in [-0.05, 0) is 16.3 Å². The van der Waals surface area contributed by atoms with Crippen LogP contribution in [0, 0.1) is 0 Å². The molecule has 0 amide bonds. The number of hydrogen-bond donors (Lipinski definition) is 0. The zero-order valence-electron chi connectivity index (χ0n) is 10.4. The zero-order valence-corrected chi connectivity index (χ0v) is 10.4. The molecule has 0 saturated carbocycles. The topological polar surface area (TPSA) is 44.8 Å². The summed E-state index contributed by atoms with van der Waals surface area (Å²) in [7, 11) is 0. The van der Waals surface area contributed by atoms with Gasteiger partial charge in [0, 0.05) is 0 Å². The van der Waals surface area contributed by atoms with E-state index in [0.717, 1.165) is 5.56 Å². The number of carbonyl (C=O) groups excluding carboxylic acids is 1. The molecule has 0 aliphatic carbocycles. The lowest BCUT2D eigenvalue weighted by Crippen LogP contribution is -2.33. The molecule has 0 atom stereocenters. The van der Waals surface area contributed by atoms with Crippen LogP contribution < -0.4 is 0 Å². The number of fused-ring (bicyclic) bond motifs is 1. The molecule has 19 heavy (non-hydrogen) atoms. The molecule has 1 saturated heterocycles. The molecule has 2 aromatic carbocycles. The van der Waals surface area contributed by atoms with Crippen LogP contribution in [0.5, 0.6) is 0 Å². The number of cyclic esters (lactones) is 2. The third-order valence-electron chi connectivity index (χ3n) is 3.13. The molecule has 1 aliphatic rings. The lowest BCUT2D eigenvalue weighted by molar-refractivity contribution is -0.0883. The van der Waals surface area contributed by atoms with Gasteiger partial charge in [0.2, 0.25) is 0 Å². The van der Waals surface area contributed by atoms with Gasteiger partial charge in [-0.3, -0.25) is 0 Å². The predicted octanol–water partition coefficient (Wildman–Crippen LogP) is 2.89. The minimum atomic E-state index is -0.620. The highest BCUT2D eigenvalue weighted by atomic mass is 16.7. The van der Waals surface area contributed by atoms with Gasteiger partial charge in [-0.2, -0.15) is 0 Å². The van der Waals surface area contributed by atoms with Gasteiger partial charge in [0.15, 0.2) is 0 Å². The molecule has 0 bridgehead atoms. The first kappa shape index (κ1) is 12.0. The summed E-state index contributed by atoms with van der Waals surface area (Å²) in [6.45, 7) is 0.986. The van der Waals surface area contributed by atoms with Crippen molar-refractivity contribution < 1.29 is 19.0 Å². The van der Waals surface area contributed by atoms with Crippen LogP contribution >= 0.6 is 0 Å². The first-order chi connectivity index (χ1) is 9.33. The fraction of sp³-hybridized carbons (Fsp3) is 0.267. The smallest absolute Gasteiger partial charge is 0.431 e. The second-order valence-electron chi connectivity index (χ2n) is 4.44. The van der Waals surface area contributed by atoms with Crippen molar-refractivity contribution in [3.63, 3.8) is 0 Å². The minimum absolute atomic E-state index is 0.198. The lowest BCUT2D eigenvalue weighted by atomic mass is 10.1. The van der Waals surface area contributed by atoms with Crippen LogP contribution in [0.3, 0.4) is 0 Å². The molecule has 1 fully saturated rings. The Morgan fingerprint density at radius 1 is 1.05 bits per heavy atom. The highest BCUT2D eigenvalue weighted by Gasteiger charge is 2.21. The molecule has 4 nitrogen and oxygen atoms in total. The molecule has 2 aromatic rings. The number of carbonyl (C=O) groups is 1. The number of hydrogen-bond acceptors (Lipinski definition) is 4. The van der Waals surface area contributed by atoms with Crippen LogP contribution in [0.15, 0.2) is 42.5 Å². The van der Waals surface area contributed by atoms with Crippen molar-refractivity contribution in [3.05, 3.63) is 48.0 Å². The van der Waals surface area contributed by atoms with Crippen molar-refractivity contribution >= 4 is 16.9 Å². The van der Waals surface area contributed by atoms with E-state index < -0.39 is 6.16 Å². The molecule has 0 spiro atoms. The van der Waals surface area contributed by atoms with Crippen LogP contribution in [0.1, 0.15) is 5.56 Å². The molecule has 0 aromatic heterocycles. The number of benzene rings is 2. The van der Waals surface area contributed by atoms with Crippen molar-refractivity contribution in [3.8, 4) is 0 Å². The molecular formula is C15H14O4. The van der Waals surface area contributed by atoms with Gasteiger partial charge >= 0.3 is 6.16 Å². The van der Waals surface area contributed by atoms with E-state index in [2.05, 4.69) is 18.2 Å². The maximum Gasteiger partial charge on any atom is 0.508 e. The first-order valence-corrected chi connectivity index (χ1v) is 6.21. The Kier molecular flexibility index (Phi) is 3.33. The quantitative estimate of drug-likeness (QED) is 0.794. The summed E-state index contributed by atoms with van der Waals surface area (Å²) in [6.07, 6.45) is -0.818. The third-order valence-corrected chi connectivity index (χ3v) is 3.13. The fourth-order valence-electron chi connectivity index (χ4n) is 2.13. The van der Waals surface area contributed by atoms with Crippen molar-refractivity contribution in [1.29, 1.82) is 0 Å². The molecule has 0 N–H and O–H groups in total. The molecule has 4 heteroatoms. The molecule has 0 unspecified atom stereocenters. The van der Waals surface area contributed by atoms with E-state index in [1.54, 1.807) is 0 Å². The van der Waals surface area contributed by atoms with Gasteiger partial charge in [-0.1, -0.05) is 42.5 Å². The Bertz CT molecular complexity index is 578. The Morgan fingerprint density at radius 3 is 2.63 bits per heavy atom. The van der Waals surface area contributed by atoms with Gasteiger partial charge in [0.05, 0.1) is 6.61 Å². The van der Waals surface area contributed by atoms with Crippen molar-refractivity contribution in [1.82, 2.24) is 0 Å². The summed E-state index contributed by atoms with van der Waals surface area (Å²) < 4.78 is 15.3. The number of rotatable bonds is 3. The Balaban J connectivity index is 1.70. The maximum absolute atomic E-state index is 10.8. The fourth-order valence-corrected chi connectivity index (χ4v) is 2.13. The minimum Gasteiger partial charge on any atom is -0.431 e. The van der Waals surface area contributed by atoms with Crippen molar-refractivity contribution in [2.24, 2.45) is 0 Å². The van der Waals surface area contributed by atoms with E-state index in [1.807, 2.05) is 24.3 Å². The molecule has 0 radical (unpaired) electrons. The predicted molar refractivity (Wildman–Crippen MR) is 69.8 cm³/mol. The van der Waals surface area contributed by atoms with E-state index in [4.69, 9.17) is 14.2 Å². The average Bonchev–Trinajstić information content (AvgIpc) is 2.47. The van der Waals surface area contributed by atoms with Crippen molar-refractivity contribution in [2.75, 3.05) is 13.2 Å². The van der Waals surface area contributed by atoms with Gasteiger partial charge in [-0.25, -0.2) is 4.79 Å². The Labute approximate surface area is 110 Å². The van der Waals surface area contributed by atoms with Crippen LogP contribution in [-0.2, 0) is 20.8 Å². The standard InChI is InChI=1S/C15H14O4/c16-15-18-9-13(10-19-15)17-8-12-6-3-5-11-4-1-2-7-14(11)12/h1-7,13H,8-10H2. The second-order valence-corrected chi connectivity index (χ2v) is 4.44. The summed E-state index contributed by atoms with van der Waals surface area (Å²) in [5.74, 6) is 0. The highest BCUT2D eigenvalue weighted by Crippen LogP contribution is 2.20. The number of ether oxygens (including phenoxy) is 3. The highest BCUT2D eigenvalue weighted by molar-refractivity contribution is 5.85. The normalized spacial score (nSPS) is 16.1. The van der Waals surface area contributed by atoms with Gasteiger partial charge in [0.1, 0.15) is 19.3 Å². The van der Waals surface area contributed by atoms with E-state index in [9.17, 15) is 4.79 Å². The van der Waals surface area contributed by atoms with Crippen LogP contribution in [0.4, 0.5) is 4.79 Å². The monoisotopic (exact) mass is 258 g/mol. The summed E-state index contributed by atoms with van der Waals surface area (Å²) in [5, 5.41) is 2.37. The van der Waals surface area contributed by atoms with Gasteiger partial charge < -0.3 is 14.2 Å². The van der Waals surface area contributed by atoms with E-state index in [-0.39, 0.29) is 19.3 Å². The van der Waals surface area contributed by atoms with Crippen LogP contribution in [0.2, 0.25) is 0 Å². The Morgan fingerprint density at radius 2 is 1.79 bits per heavy atom. The van der Waals surface area contributed by atoms with E-state index in [0.29, 0.717) is 6.61 Å². The molecular weight excluding hydrogens is 244 g/mol. The second kappa shape index (κ2) is 5.28. The summed E-state index contributed by atoms with van der Waals surface area (Å²) in [4.78, 5) is 10.8. The van der Waals surface area contributed by atoms with Crippen LogP contribution in [-0.4, -0.2) is 25.5 Å². The van der Waals surface area contributed by atoms with E-state index >= 15 is 0 Å². The van der Waals surface area contributed by atoms with Crippen LogP contribution in [0.25, 0.3) is 10.8 Å². The van der Waals surface area contributed by atoms with E-state index in [1.165, 1.54) is 10.8 Å². The average molecular weight is 258 g/mol. The largest absolute Gasteiger partial charge is 0.508 e. The Hall–Kier alpha value is -2.07. The molecule has 98 valence electrons. The van der Waals surface area contributed by atoms with Crippen molar-refractivity contribution in [2.45, 2.75) is 12.7 Å². The van der Waals surface area contributed by atoms with Gasteiger partial charge in [-0.15, -0.1) is 0 Å². The molecule has 1 heterocycles. The molecule has 1 aliphatic heterocycles. The SMILES string of the molecule is O=C1OCC(OCc2cccc3ccccc23)CO1. The summed E-state index contributed by atoms with van der Waals surface area (Å²) >= 11 is 0. The summed E-state index contributed by atoms with van der Waals surface area (Å²) in [6, 6.07) is 14.3. The third kappa shape index (κ3) is 2.69. The molecule has 3 rings (SSSR count). The van der Waals surface area contributed by atoms with Gasteiger partial charge in [0.25, 0.3) is 0 Å². The lowest BCUT2D eigenvalue weighted by Gasteiger charge is -2.22. The zero-order chi connectivity index (χ0) is 13.1. The maximum atomic E-state index is 10.8. The summed E-state index contributed by atoms with van der Waals surface area (Å²) in [5.41, 5.74) is 1.12. The first-order valence-electron chi connectivity index (χ1n) is 6.21.